The molecule has 1 amide bonds. The summed E-state index contributed by atoms with van der Waals surface area (Å²) in [6, 6.07) is 0. The normalized spacial score (nSPS) is 18.7. The summed E-state index contributed by atoms with van der Waals surface area (Å²) in [6.45, 7) is 5.41. The highest BCUT2D eigenvalue weighted by molar-refractivity contribution is 5.78. The van der Waals surface area contributed by atoms with Gasteiger partial charge in [0.25, 0.3) is 0 Å². The van der Waals surface area contributed by atoms with E-state index in [2.05, 4.69) is 17.3 Å². The number of ether oxygens (including phenoxy) is 1. The standard InChI is InChI=1S/C14H23N3O2/c1-2-3-5-17-10-13(9-16-17)7-14(18)15-8-12-4-6-19-11-12/h9-10,12H,2-8,11H2,1H3,(H,15,18). The van der Waals surface area contributed by atoms with Crippen molar-refractivity contribution in [2.24, 2.45) is 5.92 Å². The molecule has 1 aromatic rings. The Kier molecular flexibility index (Phi) is 5.39. The van der Waals surface area contributed by atoms with Crippen LogP contribution in [0.4, 0.5) is 0 Å². The second kappa shape index (κ2) is 7.28. The zero-order valence-electron chi connectivity index (χ0n) is 11.6. The highest BCUT2D eigenvalue weighted by Gasteiger charge is 2.16. The van der Waals surface area contributed by atoms with Crippen LogP contribution in [0.5, 0.6) is 0 Å². The number of carbonyl (C=O) groups excluding carboxylic acids is 1. The highest BCUT2D eigenvalue weighted by atomic mass is 16.5. The van der Waals surface area contributed by atoms with E-state index in [9.17, 15) is 4.79 Å². The Morgan fingerprint density at radius 2 is 2.53 bits per heavy atom. The molecule has 0 aliphatic carbocycles. The van der Waals surface area contributed by atoms with E-state index in [0.29, 0.717) is 12.3 Å². The minimum atomic E-state index is 0.0712. The van der Waals surface area contributed by atoms with Gasteiger partial charge in [-0.2, -0.15) is 5.10 Å². The van der Waals surface area contributed by atoms with Crippen LogP contribution in [-0.2, 0) is 22.5 Å². The minimum Gasteiger partial charge on any atom is -0.381 e. The molecule has 19 heavy (non-hydrogen) atoms. The van der Waals surface area contributed by atoms with Crippen LogP contribution in [0.1, 0.15) is 31.7 Å². The zero-order chi connectivity index (χ0) is 13.5. The second-order valence-corrected chi connectivity index (χ2v) is 5.18. The van der Waals surface area contributed by atoms with Gasteiger partial charge in [0.05, 0.1) is 19.2 Å². The molecule has 1 fully saturated rings. The van der Waals surface area contributed by atoms with E-state index in [4.69, 9.17) is 4.74 Å². The van der Waals surface area contributed by atoms with E-state index in [1.807, 2.05) is 10.9 Å². The van der Waals surface area contributed by atoms with E-state index in [1.165, 1.54) is 0 Å². The summed E-state index contributed by atoms with van der Waals surface area (Å²) >= 11 is 0. The number of rotatable bonds is 7. The Hall–Kier alpha value is -1.36. The summed E-state index contributed by atoms with van der Waals surface area (Å²) in [7, 11) is 0. The molecule has 1 unspecified atom stereocenters. The Morgan fingerprint density at radius 1 is 1.63 bits per heavy atom. The molecule has 0 aromatic carbocycles. The van der Waals surface area contributed by atoms with Crippen LogP contribution in [0.2, 0.25) is 0 Å². The Morgan fingerprint density at radius 3 is 3.26 bits per heavy atom. The number of nitrogens with zero attached hydrogens (tertiary/aromatic N) is 2. The van der Waals surface area contributed by atoms with Gasteiger partial charge in [0.15, 0.2) is 0 Å². The topological polar surface area (TPSA) is 56.2 Å². The second-order valence-electron chi connectivity index (χ2n) is 5.18. The summed E-state index contributed by atoms with van der Waals surface area (Å²) in [5.41, 5.74) is 0.983. The fourth-order valence-corrected chi connectivity index (χ4v) is 2.19. The van der Waals surface area contributed by atoms with Gasteiger partial charge < -0.3 is 10.1 Å². The molecule has 5 nitrogen and oxygen atoms in total. The van der Waals surface area contributed by atoms with Crippen molar-refractivity contribution in [1.29, 1.82) is 0 Å². The SMILES string of the molecule is CCCCn1cc(CC(=O)NCC2CCOC2)cn1. The molecule has 0 saturated carbocycles. The molecule has 1 aliphatic rings. The molecule has 2 heterocycles. The van der Waals surface area contributed by atoms with E-state index >= 15 is 0 Å². The van der Waals surface area contributed by atoms with Crippen molar-refractivity contribution in [2.45, 2.75) is 39.2 Å². The van der Waals surface area contributed by atoms with Gasteiger partial charge in [-0.05, 0) is 18.4 Å². The first kappa shape index (κ1) is 14.1. The summed E-state index contributed by atoms with van der Waals surface area (Å²) in [5.74, 6) is 0.554. The molecular weight excluding hydrogens is 242 g/mol. The van der Waals surface area contributed by atoms with Gasteiger partial charge in [-0.3, -0.25) is 9.48 Å². The lowest BCUT2D eigenvalue weighted by molar-refractivity contribution is -0.120. The lowest BCUT2D eigenvalue weighted by Gasteiger charge is -2.08. The highest BCUT2D eigenvalue weighted by Crippen LogP contribution is 2.10. The third-order valence-corrected chi connectivity index (χ3v) is 3.40. The molecule has 2 rings (SSSR count). The smallest absolute Gasteiger partial charge is 0.224 e. The van der Waals surface area contributed by atoms with Gasteiger partial charge >= 0.3 is 0 Å². The largest absolute Gasteiger partial charge is 0.381 e. The summed E-state index contributed by atoms with van der Waals surface area (Å²) < 4.78 is 7.20. The molecule has 1 atom stereocenters. The minimum absolute atomic E-state index is 0.0712. The predicted octanol–water partition coefficient (Wildman–Crippen LogP) is 1.38. The maximum atomic E-state index is 11.8. The van der Waals surface area contributed by atoms with Crippen molar-refractivity contribution < 1.29 is 9.53 Å². The quantitative estimate of drug-likeness (QED) is 0.810. The number of carbonyl (C=O) groups is 1. The van der Waals surface area contributed by atoms with Crippen LogP contribution in [0.25, 0.3) is 0 Å². The zero-order valence-corrected chi connectivity index (χ0v) is 11.6. The number of unbranched alkanes of at least 4 members (excludes halogenated alkanes) is 1. The number of aryl methyl sites for hydroxylation is 1. The van der Waals surface area contributed by atoms with E-state index in [-0.39, 0.29) is 5.91 Å². The van der Waals surface area contributed by atoms with Gasteiger partial charge in [0.2, 0.25) is 5.91 Å². The first-order valence-corrected chi connectivity index (χ1v) is 7.13. The number of nitrogens with one attached hydrogen (secondary N) is 1. The molecular formula is C14H23N3O2. The van der Waals surface area contributed by atoms with Crippen LogP contribution in [0.3, 0.4) is 0 Å². The fourth-order valence-electron chi connectivity index (χ4n) is 2.19. The maximum Gasteiger partial charge on any atom is 0.224 e. The van der Waals surface area contributed by atoms with Crippen LogP contribution in [0.15, 0.2) is 12.4 Å². The van der Waals surface area contributed by atoms with Crippen molar-refractivity contribution in [3.8, 4) is 0 Å². The van der Waals surface area contributed by atoms with Crippen molar-refractivity contribution in [1.82, 2.24) is 15.1 Å². The van der Waals surface area contributed by atoms with Gasteiger partial charge in [0, 0.05) is 31.8 Å². The van der Waals surface area contributed by atoms with Crippen molar-refractivity contribution in [3.05, 3.63) is 18.0 Å². The number of hydrogen-bond acceptors (Lipinski definition) is 3. The Balaban J connectivity index is 1.70. The van der Waals surface area contributed by atoms with Crippen LogP contribution in [0, 0.1) is 5.92 Å². The molecule has 0 radical (unpaired) electrons. The van der Waals surface area contributed by atoms with Gasteiger partial charge in [-0.25, -0.2) is 0 Å². The van der Waals surface area contributed by atoms with Crippen molar-refractivity contribution in [2.75, 3.05) is 19.8 Å². The molecule has 0 bridgehead atoms. The average molecular weight is 265 g/mol. The lowest BCUT2D eigenvalue weighted by atomic mass is 10.1. The molecule has 0 spiro atoms. The summed E-state index contributed by atoms with van der Waals surface area (Å²) in [4.78, 5) is 11.8. The summed E-state index contributed by atoms with van der Waals surface area (Å²) in [6.07, 6.45) is 7.49. The maximum absolute atomic E-state index is 11.8. The van der Waals surface area contributed by atoms with Crippen LogP contribution >= 0.6 is 0 Å². The van der Waals surface area contributed by atoms with Gasteiger partial charge in [0.1, 0.15) is 0 Å². The number of aromatic nitrogens is 2. The Labute approximate surface area is 114 Å². The van der Waals surface area contributed by atoms with Gasteiger partial charge in [-0.1, -0.05) is 13.3 Å². The Bertz CT molecular complexity index is 397. The average Bonchev–Trinajstić information content (AvgIpc) is 3.05. The van der Waals surface area contributed by atoms with Crippen LogP contribution in [-0.4, -0.2) is 35.4 Å². The third-order valence-electron chi connectivity index (χ3n) is 3.40. The van der Waals surface area contributed by atoms with Crippen LogP contribution < -0.4 is 5.32 Å². The molecule has 106 valence electrons. The lowest BCUT2D eigenvalue weighted by Crippen LogP contribution is -2.30. The first-order valence-electron chi connectivity index (χ1n) is 7.13. The molecule has 1 saturated heterocycles. The molecule has 5 heteroatoms. The third kappa shape index (κ3) is 4.67. The van der Waals surface area contributed by atoms with E-state index in [1.54, 1.807) is 6.20 Å². The molecule has 1 aromatic heterocycles. The van der Waals surface area contributed by atoms with Crippen molar-refractivity contribution >= 4 is 5.91 Å². The van der Waals surface area contributed by atoms with E-state index < -0.39 is 0 Å². The monoisotopic (exact) mass is 265 g/mol. The van der Waals surface area contributed by atoms with E-state index in [0.717, 1.165) is 51.1 Å². The number of hydrogen-bond donors (Lipinski definition) is 1. The fraction of sp³-hybridized carbons (Fsp3) is 0.714. The van der Waals surface area contributed by atoms with Gasteiger partial charge in [-0.15, -0.1) is 0 Å². The molecule has 1 aliphatic heterocycles. The summed E-state index contributed by atoms with van der Waals surface area (Å²) in [5, 5.41) is 7.23. The number of amides is 1. The first-order chi connectivity index (χ1) is 9.28. The van der Waals surface area contributed by atoms with Crippen molar-refractivity contribution in [3.63, 3.8) is 0 Å². The molecule has 1 N–H and O–H groups in total. The predicted molar refractivity (Wildman–Crippen MR) is 72.8 cm³/mol.